The van der Waals surface area contributed by atoms with Gasteiger partial charge < -0.3 is 15.3 Å². The van der Waals surface area contributed by atoms with Crippen LogP contribution in [0.5, 0.6) is 0 Å². The smallest absolute Gasteiger partial charge is 0.321 e. The molecule has 0 radical (unpaired) electrons. The average Bonchev–Trinajstić information content (AvgIpc) is 2.85. The molecule has 2 N–H and O–H groups in total. The number of urea groups is 1. The number of carbonyl (C=O) groups excluding carboxylic acids is 1. The molecule has 2 rings (SSSR count). The predicted octanol–water partition coefficient (Wildman–Crippen LogP) is 2.51. The van der Waals surface area contributed by atoms with Gasteiger partial charge in [-0.25, -0.2) is 13.6 Å². The zero-order valence-electron chi connectivity index (χ0n) is 10.2. The first-order chi connectivity index (χ1) is 9.38. The van der Waals surface area contributed by atoms with E-state index in [1.54, 1.807) is 22.6 Å². The molecule has 0 aromatic heterocycles. The topological polar surface area (TPSA) is 69.6 Å². The van der Waals surface area contributed by atoms with Gasteiger partial charge in [0.2, 0.25) is 0 Å². The lowest BCUT2D eigenvalue weighted by atomic mass is 10.1. The van der Waals surface area contributed by atoms with Crippen molar-refractivity contribution in [1.29, 1.82) is 0 Å². The molecule has 8 heteroatoms. The minimum atomic E-state index is -1.05. The van der Waals surface area contributed by atoms with Crippen LogP contribution in [-0.4, -0.2) is 35.1 Å². The molecule has 0 saturated carbocycles. The van der Waals surface area contributed by atoms with E-state index in [1.807, 2.05) is 0 Å². The molecule has 2 amide bonds. The number of nitrogens with zero attached hydrogens (tertiary/aromatic N) is 1. The molecule has 0 bridgehead atoms. The number of carboxylic acids is 1. The normalized spacial score (nSPS) is 18.1. The van der Waals surface area contributed by atoms with Crippen molar-refractivity contribution in [3.63, 3.8) is 0 Å². The Kier molecular flexibility index (Phi) is 4.41. The Hall–Kier alpha value is -1.45. The third-order valence-corrected chi connectivity index (χ3v) is 3.97. The van der Waals surface area contributed by atoms with Crippen LogP contribution in [0.1, 0.15) is 6.42 Å². The van der Waals surface area contributed by atoms with Crippen molar-refractivity contribution in [3.05, 3.63) is 27.3 Å². The maximum absolute atomic E-state index is 13.1. The van der Waals surface area contributed by atoms with E-state index < -0.39 is 29.6 Å². The van der Waals surface area contributed by atoms with Crippen molar-refractivity contribution >= 4 is 40.3 Å². The van der Waals surface area contributed by atoms with Gasteiger partial charge in [-0.15, -0.1) is 0 Å². The molecule has 0 aliphatic carbocycles. The average molecular weight is 396 g/mol. The lowest BCUT2D eigenvalue weighted by molar-refractivity contribution is -0.141. The number of anilines is 1. The van der Waals surface area contributed by atoms with Crippen LogP contribution in [0.25, 0.3) is 0 Å². The highest BCUT2D eigenvalue weighted by Gasteiger charge is 2.31. The van der Waals surface area contributed by atoms with Crippen molar-refractivity contribution in [2.24, 2.45) is 5.92 Å². The third-order valence-electron chi connectivity index (χ3n) is 3.08. The molecule has 1 aromatic carbocycles. The first kappa shape index (κ1) is 14.9. The summed E-state index contributed by atoms with van der Waals surface area (Å²) in [7, 11) is 0. The Labute approximate surface area is 127 Å². The van der Waals surface area contributed by atoms with Gasteiger partial charge >= 0.3 is 12.0 Å². The molecule has 1 atom stereocenters. The second kappa shape index (κ2) is 5.90. The van der Waals surface area contributed by atoms with E-state index in [0.29, 0.717) is 16.5 Å². The highest BCUT2D eigenvalue weighted by Crippen LogP contribution is 2.23. The van der Waals surface area contributed by atoms with Crippen LogP contribution in [0.15, 0.2) is 12.1 Å². The molecule has 108 valence electrons. The molecule has 0 spiro atoms. The van der Waals surface area contributed by atoms with Crippen LogP contribution in [0.3, 0.4) is 0 Å². The molecule has 1 aliphatic rings. The second-order valence-corrected chi connectivity index (χ2v) is 5.61. The Morgan fingerprint density at radius 2 is 2.00 bits per heavy atom. The van der Waals surface area contributed by atoms with Crippen LogP contribution in [0.4, 0.5) is 19.3 Å². The number of amides is 2. The zero-order chi connectivity index (χ0) is 14.9. The van der Waals surface area contributed by atoms with Crippen molar-refractivity contribution in [1.82, 2.24) is 4.90 Å². The number of carboxylic acid groups (broad SMARTS) is 1. The fraction of sp³-hybridized carbons (Fsp3) is 0.333. The van der Waals surface area contributed by atoms with Crippen molar-refractivity contribution in [2.45, 2.75) is 6.42 Å². The summed E-state index contributed by atoms with van der Waals surface area (Å²) in [5.41, 5.74) is 0.160. The minimum absolute atomic E-state index is 0.113. The maximum Gasteiger partial charge on any atom is 0.321 e. The van der Waals surface area contributed by atoms with Gasteiger partial charge in [0.15, 0.2) is 11.6 Å². The standard InChI is InChI=1S/C12H11F2IN2O3/c13-7-3-9(15)10(4-8(7)14)16-12(20)17-2-1-6(5-17)11(18)19/h3-4,6H,1-2,5H2,(H,16,20)(H,18,19). The molecule has 1 fully saturated rings. The number of benzene rings is 1. The van der Waals surface area contributed by atoms with Gasteiger partial charge in [-0.3, -0.25) is 4.79 Å². The van der Waals surface area contributed by atoms with E-state index in [9.17, 15) is 18.4 Å². The fourth-order valence-corrected chi connectivity index (χ4v) is 2.52. The van der Waals surface area contributed by atoms with E-state index in [4.69, 9.17) is 5.11 Å². The Balaban J connectivity index is 2.06. The zero-order valence-corrected chi connectivity index (χ0v) is 12.4. The molecular formula is C12H11F2IN2O3. The lowest BCUT2D eigenvalue weighted by Gasteiger charge is -2.17. The fourth-order valence-electron chi connectivity index (χ4n) is 1.96. The van der Waals surface area contributed by atoms with Gasteiger partial charge in [0, 0.05) is 22.7 Å². The quantitative estimate of drug-likeness (QED) is 0.597. The van der Waals surface area contributed by atoms with E-state index in [1.165, 1.54) is 4.90 Å². The van der Waals surface area contributed by atoms with Gasteiger partial charge in [-0.05, 0) is 35.1 Å². The second-order valence-electron chi connectivity index (χ2n) is 4.45. The van der Waals surface area contributed by atoms with Crippen molar-refractivity contribution in [2.75, 3.05) is 18.4 Å². The number of hydrogen-bond acceptors (Lipinski definition) is 2. The molecule has 1 aliphatic heterocycles. The highest BCUT2D eigenvalue weighted by molar-refractivity contribution is 14.1. The molecule has 5 nitrogen and oxygen atoms in total. The molecule has 1 aromatic rings. The summed E-state index contributed by atoms with van der Waals surface area (Å²) in [6, 6.07) is 1.37. The first-order valence-electron chi connectivity index (χ1n) is 5.81. The van der Waals surface area contributed by atoms with Gasteiger partial charge in [-0.2, -0.15) is 0 Å². The van der Waals surface area contributed by atoms with Gasteiger partial charge in [0.25, 0.3) is 0 Å². The summed E-state index contributed by atoms with van der Waals surface area (Å²) >= 11 is 1.78. The summed E-state index contributed by atoms with van der Waals surface area (Å²) in [4.78, 5) is 24.1. The number of aliphatic carboxylic acids is 1. The highest BCUT2D eigenvalue weighted by atomic mass is 127. The number of likely N-dealkylation sites (tertiary alicyclic amines) is 1. The van der Waals surface area contributed by atoms with E-state index >= 15 is 0 Å². The Morgan fingerprint density at radius 3 is 2.60 bits per heavy atom. The molecule has 1 unspecified atom stereocenters. The molecule has 1 heterocycles. The number of carbonyl (C=O) groups is 2. The summed E-state index contributed by atoms with van der Waals surface area (Å²) in [6.45, 7) is 0.435. The predicted molar refractivity (Wildman–Crippen MR) is 75.4 cm³/mol. The van der Waals surface area contributed by atoms with Crippen LogP contribution >= 0.6 is 22.6 Å². The van der Waals surface area contributed by atoms with Crippen LogP contribution in [0, 0.1) is 21.1 Å². The first-order valence-corrected chi connectivity index (χ1v) is 6.89. The van der Waals surface area contributed by atoms with E-state index in [2.05, 4.69) is 5.32 Å². The maximum atomic E-state index is 13.1. The number of halogens is 3. The van der Waals surface area contributed by atoms with Crippen molar-refractivity contribution in [3.8, 4) is 0 Å². The minimum Gasteiger partial charge on any atom is -0.481 e. The summed E-state index contributed by atoms with van der Waals surface area (Å²) in [5.74, 6) is -3.56. The lowest BCUT2D eigenvalue weighted by Crippen LogP contribution is -2.34. The summed E-state index contributed by atoms with van der Waals surface area (Å²) in [5, 5.41) is 11.3. The van der Waals surface area contributed by atoms with Crippen molar-refractivity contribution < 1.29 is 23.5 Å². The third kappa shape index (κ3) is 3.17. The molecule has 20 heavy (non-hydrogen) atoms. The molecule has 1 saturated heterocycles. The Bertz CT molecular complexity index is 568. The summed E-state index contributed by atoms with van der Waals surface area (Å²) < 4.78 is 26.5. The molecular weight excluding hydrogens is 385 g/mol. The van der Waals surface area contributed by atoms with Gasteiger partial charge in [0.1, 0.15) is 0 Å². The Morgan fingerprint density at radius 1 is 1.35 bits per heavy atom. The SMILES string of the molecule is O=C(O)C1CCN(C(=O)Nc2cc(F)c(F)cc2I)C1. The number of hydrogen-bond donors (Lipinski definition) is 2. The van der Waals surface area contributed by atoms with Gasteiger partial charge in [0.05, 0.1) is 11.6 Å². The van der Waals surface area contributed by atoms with Crippen LogP contribution in [-0.2, 0) is 4.79 Å². The summed E-state index contributed by atoms with van der Waals surface area (Å²) in [6.07, 6.45) is 0.387. The van der Waals surface area contributed by atoms with Crippen LogP contribution < -0.4 is 5.32 Å². The van der Waals surface area contributed by atoms with Crippen LogP contribution in [0.2, 0.25) is 0 Å². The monoisotopic (exact) mass is 396 g/mol. The number of rotatable bonds is 2. The number of nitrogens with one attached hydrogen (secondary N) is 1. The van der Waals surface area contributed by atoms with Gasteiger partial charge in [-0.1, -0.05) is 0 Å². The van der Waals surface area contributed by atoms with E-state index in [0.717, 1.165) is 12.1 Å². The largest absolute Gasteiger partial charge is 0.481 e. The van der Waals surface area contributed by atoms with E-state index in [-0.39, 0.29) is 12.2 Å².